The van der Waals surface area contributed by atoms with Crippen LogP contribution in [0.4, 0.5) is 5.69 Å². The zero-order valence-corrected chi connectivity index (χ0v) is 15.1. The topological polar surface area (TPSA) is 3.01 Å². The number of para-hydroxylation sites is 1. The third kappa shape index (κ3) is 3.04. The fourth-order valence-corrected chi connectivity index (χ4v) is 4.37. The van der Waals surface area contributed by atoms with E-state index in [2.05, 4.69) is 61.5 Å². The smallest absolute Gasteiger partial charge is 0.198 e. The van der Waals surface area contributed by atoms with Crippen molar-refractivity contribution >= 4 is 23.0 Å². The fraction of sp³-hybridized carbons (Fsp3) is 0.476. The summed E-state index contributed by atoms with van der Waals surface area (Å²) in [6, 6.07) is 8.73. The van der Waals surface area contributed by atoms with Crippen LogP contribution in [0.15, 0.2) is 48.6 Å². The van der Waals surface area contributed by atoms with Crippen molar-refractivity contribution in [2.45, 2.75) is 44.4 Å². The van der Waals surface area contributed by atoms with E-state index in [1.165, 1.54) is 42.6 Å². The maximum absolute atomic E-state index is 6.04. The van der Waals surface area contributed by atoms with Crippen LogP contribution in [0.3, 0.4) is 0 Å². The number of alkyl halides is 1. The van der Waals surface area contributed by atoms with Crippen LogP contribution in [0.2, 0.25) is 0 Å². The van der Waals surface area contributed by atoms with Crippen LogP contribution in [0, 0.1) is 5.92 Å². The van der Waals surface area contributed by atoms with Crippen molar-refractivity contribution in [2.24, 2.45) is 5.92 Å². The third-order valence-corrected chi connectivity index (χ3v) is 5.88. The van der Waals surface area contributed by atoms with Crippen LogP contribution in [-0.4, -0.2) is 23.2 Å². The summed E-state index contributed by atoms with van der Waals surface area (Å²) in [5.41, 5.74) is 5.14. The van der Waals surface area contributed by atoms with Gasteiger partial charge in [0, 0.05) is 23.6 Å². The molecule has 0 radical (unpaired) electrons. The molecule has 0 saturated heterocycles. The molecule has 1 unspecified atom stereocenters. The van der Waals surface area contributed by atoms with E-state index in [0.29, 0.717) is 5.88 Å². The van der Waals surface area contributed by atoms with E-state index in [1.54, 1.807) is 0 Å². The number of hydrogen-bond donors (Lipinski definition) is 0. The van der Waals surface area contributed by atoms with Crippen molar-refractivity contribution in [1.29, 1.82) is 0 Å². The minimum Gasteiger partial charge on any atom is -0.198 e. The van der Waals surface area contributed by atoms with Gasteiger partial charge in [-0.2, -0.15) is 4.58 Å². The molecule has 1 nitrogen and oxygen atoms in total. The highest BCUT2D eigenvalue weighted by atomic mass is 35.5. The molecule has 0 spiro atoms. The molecule has 1 heterocycles. The lowest BCUT2D eigenvalue weighted by molar-refractivity contribution is -0.401. The molecule has 0 aromatic heterocycles. The second kappa shape index (κ2) is 6.65. The summed E-state index contributed by atoms with van der Waals surface area (Å²) in [7, 11) is 2.18. The van der Waals surface area contributed by atoms with Crippen molar-refractivity contribution in [2.75, 3.05) is 12.9 Å². The second-order valence-corrected chi connectivity index (χ2v) is 7.52. The van der Waals surface area contributed by atoms with Crippen molar-refractivity contribution < 1.29 is 4.58 Å². The molecule has 2 heteroatoms. The molecule has 1 aromatic carbocycles. The Morgan fingerprint density at radius 2 is 2.04 bits per heavy atom. The number of nitrogens with zero attached hydrogens (tertiary/aromatic N) is 1. The van der Waals surface area contributed by atoms with Gasteiger partial charge in [-0.1, -0.05) is 49.3 Å². The van der Waals surface area contributed by atoms with E-state index in [1.807, 2.05) is 0 Å². The molecule has 1 aliphatic carbocycles. The molecular weight excluding hydrogens is 302 g/mol. The molecule has 1 fully saturated rings. The molecule has 0 N–H and O–H groups in total. The molecule has 1 aromatic rings. The normalized spacial score (nSPS) is 24.7. The highest BCUT2D eigenvalue weighted by Crippen LogP contribution is 2.43. The summed E-state index contributed by atoms with van der Waals surface area (Å²) < 4.78 is 2.35. The Labute approximate surface area is 145 Å². The molecule has 1 aliphatic heterocycles. The van der Waals surface area contributed by atoms with Crippen LogP contribution in [-0.2, 0) is 5.41 Å². The molecule has 122 valence electrons. The lowest BCUT2D eigenvalue weighted by Crippen LogP contribution is -2.31. The molecule has 0 amide bonds. The lowest BCUT2D eigenvalue weighted by atomic mass is 9.74. The van der Waals surface area contributed by atoms with Gasteiger partial charge in [0.15, 0.2) is 5.71 Å². The van der Waals surface area contributed by atoms with Crippen molar-refractivity contribution in [3.63, 3.8) is 0 Å². The number of benzene rings is 1. The van der Waals surface area contributed by atoms with Gasteiger partial charge in [-0.05, 0) is 32.1 Å². The number of rotatable bonds is 5. The highest BCUT2D eigenvalue weighted by Gasteiger charge is 2.46. The van der Waals surface area contributed by atoms with E-state index in [0.717, 1.165) is 17.9 Å². The fourth-order valence-electron chi connectivity index (χ4n) is 4.28. The monoisotopic (exact) mass is 328 g/mol. The summed E-state index contributed by atoms with van der Waals surface area (Å²) in [4.78, 5) is 0. The molecule has 0 bridgehead atoms. The Bertz CT molecular complexity index is 664. The van der Waals surface area contributed by atoms with Gasteiger partial charge in [0.25, 0.3) is 0 Å². The number of hydrogen-bond acceptors (Lipinski definition) is 0. The Morgan fingerprint density at radius 1 is 1.35 bits per heavy atom. The summed E-state index contributed by atoms with van der Waals surface area (Å²) in [5.74, 6) is 1.28. The second-order valence-electron chi connectivity index (χ2n) is 7.26. The number of fused-ring (bicyclic) bond motifs is 1. The zero-order valence-electron chi connectivity index (χ0n) is 14.3. The van der Waals surface area contributed by atoms with Crippen molar-refractivity contribution in [3.8, 4) is 0 Å². The number of allylic oxidation sites excluding steroid dienone is 3. The SMILES string of the molecule is C=C(CCl)CC1(C)C(/C=C/C2CCCC2)=[N+](C)c2ccccc21. The maximum Gasteiger partial charge on any atom is 0.209 e. The summed E-state index contributed by atoms with van der Waals surface area (Å²) in [5, 5.41) is 0. The summed E-state index contributed by atoms with van der Waals surface area (Å²) >= 11 is 6.04. The lowest BCUT2D eigenvalue weighted by Gasteiger charge is -2.23. The molecule has 23 heavy (non-hydrogen) atoms. The van der Waals surface area contributed by atoms with Gasteiger partial charge in [-0.25, -0.2) is 0 Å². The largest absolute Gasteiger partial charge is 0.209 e. The van der Waals surface area contributed by atoms with E-state index >= 15 is 0 Å². The van der Waals surface area contributed by atoms with Gasteiger partial charge in [0.1, 0.15) is 7.05 Å². The Hall–Kier alpha value is -1.34. The van der Waals surface area contributed by atoms with Crippen molar-refractivity contribution in [3.05, 3.63) is 54.1 Å². The van der Waals surface area contributed by atoms with Gasteiger partial charge in [-0.3, -0.25) is 0 Å². The quantitative estimate of drug-likeness (QED) is 0.376. The minimum absolute atomic E-state index is 0.0353. The summed E-state index contributed by atoms with van der Waals surface area (Å²) in [6.07, 6.45) is 11.1. The van der Waals surface area contributed by atoms with Gasteiger partial charge in [0.2, 0.25) is 5.69 Å². The first-order chi connectivity index (χ1) is 11.1. The minimum atomic E-state index is -0.0353. The maximum atomic E-state index is 6.04. The predicted molar refractivity (Wildman–Crippen MR) is 100 cm³/mol. The van der Waals surface area contributed by atoms with Crippen molar-refractivity contribution in [1.82, 2.24) is 0 Å². The average Bonchev–Trinajstić information content (AvgIpc) is 3.13. The molecule has 1 atom stereocenters. The van der Waals surface area contributed by atoms with Crippen LogP contribution in [0.1, 0.15) is 44.6 Å². The molecule has 3 rings (SSSR count). The molecule has 1 saturated carbocycles. The zero-order chi connectivity index (χ0) is 16.4. The predicted octanol–water partition coefficient (Wildman–Crippen LogP) is 5.60. The van der Waals surface area contributed by atoms with E-state index < -0.39 is 0 Å². The first kappa shape index (κ1) is 16.5. The van der Waals surface area contributed by atoms with Crippen LogP contribution >= 0.6 is 11.6 Å². The Morgan fingerprint density at radius 3 is 2.74 bits per heavy atom. The van der Waals surface area contributed by atoms with E-state index in [4.69, 9.17) is 11.6 Å². The van der Waals surface area contributed by atoms with Gasteiger partial charge in [0.05, 0.1) is 5.41 Å². The van der Waals surface area contributed by atoms with Crippen LogP contribution in [0.25, 0.3) is 0 Å². The van der Waals surface area contributed by atoms with E-state index in [9.17, 15) is 0 Å². The first-order valence-corrected chi connectivity index (χ1v) is 9.21. The van der Waals surface area contributed by atoms with Crippen LogP contribution in [0.5, 0.6) is 0 Å². The Balaban J connectivity index is 2.00. The van der Waals surface area contributed by atoms with Gasteiger partial charge in [-0.15, -0.1) is 11.6 Å². The summed E-state index contributed by atoms with van der Waals surface area (Å²) in [6.45, 7) is 6.50. The number of halogens is 1. The molecule has 2 aliphatic rings. The Kier molecular flexibility index (Phi) is 4.77. The van der Waals surface area contributed by atoms with Gasteiger partial charge < -0.3 is 0 Å². The van der Waals surface area contributed by atoms with Gasteiger partial charge >= 0.3 is 0 Å². The average molecular weight is 329 g/mol. The van der Waals surface area contributed by atoms with Crippen LogP contribution < -0.4 is 0 Å². The van der Waals surface area contributed by atoms with E-state index in [-0.39, 0.29) is 5.41 Å². The first-order valence-electron chi connectivity index (χ1n) is 8.68. The molecular formula is C21H27ClN+. The standard InChI is InChI=1S/C21H27ClN/c1-16(15-22)14-21(2)18-10-6-7-11-19(18)23(3)20(21)13-12-17-8-4-5-9-17/h6-7,10-13,17H,1,4-5,8-9,14-15H2,2-3H3/q+1/b13-12+. The third-order valence-electron chi connectivity index (χ3n) is 5.51. The highest BCUT2D eigenvalue weighted by molar-refractivity contribution is 6.19.